The maximum atomic E-state index is 12.5. The van der Waals surface area contributed by atoms with Gasteiger partial charge in [-0.25, -0.2) is 4.79 Å². The van der Waals surface area contributed by atoms with E-state index in [4.69, 9.17) is 4.74 Å². The third-order valence-electron chi connectivity index (χ3n) is 4.24. The second kappa shape index (κ2) is 10.7. The lowest BCUT2D eigenvalue weighted by Gasteiger charge is -2.42. The van der Waals surface area contributed by atoms with Crippen molar-refractivity contribution in [2.24, 2.45) is 5.18 Å². The minimum atomic E-state index is -0.530. The average Bonchev–Trinajstić information content (AvgIpc) is 2.63. The number of piperazine rings is 1. The molecule has 27 heavy (non-hydrogen) atoms. The normalized spacial score (nSPS) is 18.7. The van der Waals surface area contributed by atoms with Crippen LogP contribution in [0.4, 0.5) is 4.79 Å². The number of hydrogen-bond donors (Lipinski definition) is 0. The summed E-state index contributed by atoms with van der Waals surface area (Å²) in [6.07, 6.45) is 8.24. The number of ether oxygens (including phenoxy) is 1. The smallest absolute Gasteiger partial charge is 0.410 e. The zero-order valence-corrected chi connectivity index (χ0v) is 16.8. The van der Waals surface area contributed by atoms with Gasteiger partial charge in [0, 0.05) is 32.2 Å². The Morgan fingerprint density at radius 2 is 1.89 bits per heavy atom. The standard InChI is InChI=1S/C19H29N3O3.C2H2/c1-15(20-24)12-17-14-21(13-16-8-6-5-7-9-16)10-11-22(17)18(23)25-19(2,3)4;1-2/h5-9,15,17H,10-14H2,1-4H3;1-2H. The molecule has 148 valence electrons. The summed E-state index contributed by atoms with van der Waals surface area (Å²) in [6, 6.07) is 9.87. The Balaban J connectivity index is 0.00000176. The molecular weight excluding hydrogens is 342 g/mol. The summed E-state index contributed by atoms with van der Waals surface area (Å²) in [6.45, 7) is 10.3. The van der Waals surface area contributed by atoms with Gasteiger partial charge >= 0.3 is 6.09 Å². The number of nitrogens with zero attached hydrogens (tertiary/aromatic N) is 3. The third kappa shape index (κ3) is 7.79. The Morgan fingerprint density at radius 3 is 2.44 bits per heavy atom. The van der Waals surface area contributed by atoms with E-state index >= 15 is 0 Å². The quantitative estimate of drug-likeness (QED) is 0.580. The van der Waals surface area contributed by atoms with Gasteiger partial charge in [0.25, 0.3) is 0 Å². The molecule has 1 saturated heterocycles. The van der Waals surface area contributed by atoms with Crippen molar-refractivity contribution in [3.05, 3.63) is 40.8 Å². The van der Waals surface area contributed by atoms with E-state index in [9.17, 15) is 9.70 Å². The van der Waals surface area contributed by atoms with Crippen LogP contribution in [-0.2, 0) is 11.3 Å². The van der Waals surface area contributed by atoms with Crippen LogP contribution in [0, 0.1) is 17.8 Å². The summed E-state index contributed by atoms with van der Waals surface area (Å²) in [5, 5.41) is 3.11. The van der Waals surface area contributed by atoms with Crippen LogP contribution in [0.3, 0.4) is 0 Å². The molecule has 2 atom stereocenters. The number of benzene rings is 1. The van der Waals surface area contributed by atoms with Gasteiger partial charge in [0.1, 0.15) is 5.60 Å². The zero-order valence-electron chi connectivity index (χ0n) is 16.8. The van der Waals surface area contributed by atoms with Crippen molar-refractivity contribution in [3.63, 3.8) is 0 Å². The largest absolute Gasteiger partial charge is 0.444 e. The number of amides is 1. The highest BCUT2D eigenvalue weighted by Gasteiger charge is 2.34. The molecule has 1 heterocycles. The van der Waals surface area contributed by atoms with E-state index in [2.05, 4.69) is 35.1 Å². The highest BCUT2D eigenvalue weighted by Crippen LogP contribution is 2.21. The monoisotopic (exact) mass is 373 g/mol. The Morgan fingerprint density at radius 1 is 1.26 bits per heavy atom. The second-order valence-corrected chi connectivity index (χ2v) is 7.74. The van der Waals surface area contributed by atoms with Gasteiger partial charge in [-0.2, -0.15) is 4.91 Å². The Hall–Kier alpha value is -2.39. The predicted molar refractivity (Wildman–Crippen MR) is 108 cm³/mol. The summed E-state index contributed by atoms with van der Waals surface area (Å²) in [7, 11) is 0. The molecule has 6 heteroatoms. The van der Waals surface area contributed by atoms with Crippen LogP contribution in [-0.4, -0.2) is 53.2 Å². The minimum Gasteiger partial charge on any atom is -0.444 e. The third-order valence-corrected chi connectivity index (χ3v) is 4.24. The molecule has 2 rings (SSSR count). The Kier molecular flexibility index (Phi) is 8.96. The summed E-state index contributed by atoms with van der Waals surface area (Å²) in [4.78, 5) is 27.5. The fraction of sp³-hybridized carbons (Fsp3) is 0.571. The van der Waals surface area contributed by atoms with E-state index in [0.29, 0.717) is 19.5 Å². The van der Waals surface area contributed by atoms with Gasteiger partial charge in [-0.15, -0.1) is 12.8 Å². The van der Waals surface area contributed by atoms with Crippen LogP contribution in [0.2, 0.25) is 0 Å². The molecule has 0 spiro atoms. The van der Waals surface area contributed by atoms with Crippen LogP contribution >= 0.6 is 0 Å². The fourth-order valence-corrected chi connectivity index (χ4v) is 3.10. The van der Waals surface area contributed by atoms with Gasteiger partial charge in [-0.3, -0.25) is 4.90 Å². The molecule has 0 bridgehead atoms. The number of terminal acetylenes is 1. The highest BCUT2D eigenvalue weighted by atomic mass is 16.6. The topological polar surface area (TPSA) is 62.2 Å². The fourth-order valence-electron chi connectivity index (χ4n) is 3.10. The summed E-state index contributed by atoms with van der Waals surface area (Å²) < 4.78 is 5.54. The molecule has 2 unspecified atom stereocenters. The van der Waals surface area contributed by atoms with Gasteiger partial charge < -0.3 is 9.64 Å². The molecule has 0 radical (unpaired) electrons. The molecule has 1 aliphatic heterocycles. The lowest BCUT2D eigenvalue weighted by molar-refractivity contribution is -0.00449. The molecule has 1 aromatic rings. The van der Waals surface area contributed by atoms with Crippen molar-refractivity contribution in [1.82, 2.24) is 9.80 Å². The van der Waals surface area contributed by atoms with Crippen molar-refractivity contribution in [1.29, 1.82) is 0 Å². The SMILES string of the molecule is C#C.CC(CC1CN(Cc2ccccc2)CCN1C(=O)OC(C)(C)C)N=O. The van der Waals surface area contributed by atoms with E-state index in [1.165, 1.54) is 5.56 Å². The Bertz CT molecular complexity index is 610. The van der Waals surface area contributed by atoms with Crippen LogP contribution in [0.1, 0.15) is 39.7 Å². The Labute approximate surface area is 162 Å². The second-order valence-electron chi connectivity index (χ2n) is 7.74. The maximum absolute atomic E-state index is 12.5. The molecular formula is C21H31N3O3. The van der Waals surface area contributed by atoms with Crippen LogP contribution in [0.5, 0.6) is 0 Å². The van der Waals surface area contributed by atoms with E-state index in [1.807, 2.05) is 39.0 Å². The van der Waals surface area contributed by atoms with Crippen LogP contribution in [0.25, 0.3) is 0 Å². The molecule has 0 N–H and O–H groups in total. The van der Waals surface area contributed by atoms with Gasteiger partial charge in [0.15, 0.2) is 0 Å². The van der Waals surface area contributed by atoms with Crippen molar-refractivity contribution < 1.29 is 9.53 Å². The molecule has 1 fully saturated rings. The predicted octanol–water partition coefficient (Wildman–Crippen LogP) is 3.90. The lowest BCUT2D eigenvalue weighted by Crippen LogP contribution is -2.56. The molecule has 1 aromatic carbocycles. The maximum Gasteiger partial charge on any atom is 0.410 e. The van der Waals surface area contributed by atoms with Crippen molar-refractivity contribution in [3.8, 4) is 12.8 Å². The molecule has 0 saturated carbocycles. The molecule has 6 nitrogen and oxygen atoms in total. The number of hydrogen-bond acceptors (Lipinski definition) is 5. The van der Waals surface area contributed by atoms with E-state index < -0.39 is 5.60 Å². The number of carbonyl (C=O) groups is 1. The van der Waals surface area contributed by atoms with Gasteiger partial charge in [-0.05, 0) is 39.7 Å². The molecule has 0 aromatic heterocycles. The minimum absolute atomic E-state index is 0.0694. The van der Waals surface area contributed by atoms with Crippen molar-refractivity contribution in [2.75, 3.05) is 19.6 Å². The van der Waals surface area contributed by atoms with Gasteiger partial charge in [0.05, 0.1) is 6.04 Å². The van der Waals surface area contributed by atoms with Crippen molar-refractivity contribution in [2.45, 2.75) is 58.3 Å². The number of carbonyl (C=O) groups excluding carboxylic acids is 1. The van der Waals surface area contributed by atoms with Crippen LogP contribution in [0.15, 0.2) is 35.5 Å². The summed E-state index contributed by atoms with van der Waals surface area (Å²) in [5.41, 5.74) is 0.714. The first-order chi connectivity index (χ1) is 12.8. The first-order valence-corrected chi connectivity index (χ1v) is 9.20. The lowest BCUT2D eigenvalue weighted by atomic mass is 10.0. The van der Waals surface area contributed by atoms with Gasteiger partial charge in [0.2, 0.25) is 0 Å². The first kappa shape index (κ1) is 22.7. The average molecular weight is 373 g/mol. The number of rotatable bonds is 5. The zero-order chi connectivity index (χ0) is 20.4. The number of nitroso groups, excluding NO2 is 1. The van der Waals surface area contributed by atoms with Crippen LogP contribution < -0.4 is 0 Å². The van der Waals surface area contributed by atoms with Gasteiger partial charge in [-0.1, -0.05) is 35.5 Å². The first-order valence-electron chi connectivity index (χ1n) is 9.20. The van der Waals surface area contributed by atoms with E-state index in [1.54, 1.807) is 11.8 Å². The molecule has 1 amide bonds. The van der Waals surface area contributed by atoms with Crippen molar-refractivity contribution >= 4 is 6.09 Å². The highest BCUT2D eigenvalue weighted by molar-refractivity contribution is 5.68. The molecule has 1 aliphatic rings. The van der Waals surface area contributed by atoms with E-state index in [-0.39, 0.29) is 18.2 Å². The summed E-state index contributed by atoms with van der Waals surface area (Å²) >= 11 is 0. The van der Waals surface area contributed by atoms with E-state index in [0.717, 1.165) is 13.1 Å². The molecule has 0 aliphatic carbocycles. The summed E-state index contributed by atoms with van der Waals surface area (Å²) in [5.74, 6) is 0.